The van der Waals surface area contributed by atoms with Crippen molar-refractivity contribution in [1.29, 1.82) is 0 Å². The van der Waals surface area contributed by atoms with Gasteiger partial charge in [-0.1, -0.05) is 60.5 Å². The van der Waals surface area contributed by atoms with Crippen molar-refractivity contribution in [2.75, 3.05) is 172 Å². The van der Waals surface area contributed by atoms with Crippen LogP contribution in [0.1, 0.15) is 168 Å². The highest BCUT2D eigenvalue weighted by Crippen LogP contribution is 2.32. The van der Waals surface area contributed by atoms with Crippen LogP contribution in [0.3, 0.4) is 0 Å². The summed E-state index contributed by atoms with van der Waals surface area (Å²) in [6.45, 7) is 24.4. The highest BCUT2D eigenvalue weighted by atomic mass is 32.1. The van der Waals surface area contributed by atoms with Crippen LogP contribution in [0.25, 0.3) is 0 Å². The largest absolute Gasteiger partial charge is 0.506 e. The van der Waals surface area contributed by atoms with Gasteiger partial charge in [0.1, 0.15) is 53.8 Å². The third-order valence-electron chi connectivity index (χ3n) is 19.6. The minimum Gasteiger partial charge on any atom is -0.506 e. The highest BCUT2D eigenvalue weighted by Gasteiger charge is 2.40. The van der Waals surface area contributed by atoms with E-state index in [1.165, 1.54) is 45.2 Å². The molecule has 684 valence electrons. The number of thiazole rings is 1. The smallest absolute Gasteiger partial charge is 0.411 e. The second-order valence-corrected chi connectivity index (χ2v) is 31.1. The van der Waals surface area contributed by atoms with Gasteiger partial charge in [0.25, 0.3) is 17.7 Å². The van der Waals surface area contributed by atoms with Crippen molar-refractivity contribution in [3.05, 3.63) is 52.0 Å². The fourth-order valence-corrected chi connectivity index (χ4v) is 12.5. The number of ether oxygens (including phenoxy) is 11. The fraction of sp³-hybridized carbons (Fsp3) is 0.707. The Hall–Kier alpha value is -8.90. The van der Waals surface area contributed by atoms with E-state index in [0.29, 0.717) is 111 Å². The van der Waals surface area contributed by atoms with E-state index in [2.05, 4.69) is 47.5 Å². The summed E-state index contributed by atoms with van der Waals surface area (Å²) in [7, 11) is 5.22. The Balaban J connectivity index is 1.22. The van der Waals surface area contributed by atoms with Crippen molar-refractivity contribution in [1.82, 2.24) is 56.9 Å². The number of likely N-dealkylation sites (N-methyl/N-ethyl adjacent to an activating group) is 2. The molecule has 3 rings (SSSR count). The minimum absolute atomic E-state index is 0.000167. The molecule has 10 N–H and O–H groups in total. The molecular weight excluding hydrogens is 1600 g/mol. The number of phenols is 1. The second kappa shape index (κ2) is 59.8. The molecule has 1 aromatic heterocycles. The average Bonchev–Trinajstić information content (AvgIpc) is 1.73. The monoisotopic (exact) mass is 1730 g/mol. The van der Waals surface area contributed by atoms with Gasteiger partial charge in [0.05, 0.1) is 129 Å². The van der Waals surface area contributed by atoms with Gasteiger partial charge >= 0.3 is 18.0 Å². The van der Waals surface area contributed by atoms with Crippen LogP contribution in [0.2, 0.25) is 0 Å². The van der Waals surface area contributed by atoms with Gasteiger partial charge in [-0.3, -0.25) is 72.7 Å². The second-order valence-electron chi connectivity index (χ2n) is 30.2. The Bertz CT molecular complexity index is 3530. The number of esters is 1. The number of anilines is 1. The molecule has 1 aliphatic heterocycles. The van der Waals surface area contributed by atoms with Crippen molar-refractivity contribution < 1.29 is 125 Å². The molecule has 0 spiro atoms. The van der Waals surface area contributed by atoms with Gasteiger partial charge in [0, 0.05) is 76.1 Å². The van der Waals surface area contributed by atoms with Crippen LogP contribution in [0.15, 0.2) is 35.7 Å². The number of phenolic OH excluding ortho intramolecular Hbond substituents is 1. The van der Waals surface area contributed by atoms with Gasteiger partial charge in [-0.15, -0.1) is 11.3 Å². The van der Waals surface area contributed by atoms with Gasteiger partial charge in [-0.2, -0.15) is 0 Å². The number of carbonyl (C=O) groups is 13. The summed E-state index contributed by atoms with van der Waals surface area (Å²) in [5.74, 6) is -7.92. The SMILES string of the molecule is CCCCNC(=O)[C@H](C)NC(=O)[C@H](C)NC(=O)[C@H](CCCCNC(=O)COCCOCCOCCOCCOCCOCCOCCOCCOCCOC(=O)Nc1cc(C[C@@H](C[C@H](C)C(=O)O)NC(=O)c2csc([C@@H](C[C@H](C(C)C)N(C)C(=O)[C@@H](NC(=O)C(C)(C)N(C)C)[C@@H](C)CC)OC(C)=O)n2)ccc1O)NC(=O)CCCN1C(=O)C=CC1=O. The standard InChI is InChI=1S/C82H134N12O26S/c1-15-17-27-84-73(101)57(7)85-74(102)58(8)86-75(103)62(88-68(97)22-20-29-94-70(99)25-26-71(94)100)21-18-19-28-83-69(98)52-118-45-44-116-41-40-114-37-36-112-33-32-110-30-31-111-34-35-113-38-39-115-42-43-117-46-47-119-81(109)90-63-50-60(23-24-66(63)96)49-61(48-56(6)79(106)107)87-76(104)64-53-121-77(89-64)67(120-59(9)95)51-65(54(3)4)93(14)78(105)72(55(5)16-2)91-80(108)82(10,11)92(12)13/h23-26,50,53-58,61-62,65,67,72,96H,15-22,27-49,51-52H2,1-14H3,(H,83,98)(H,84,101)(H,85,102)(H,86,103)(H,87,104)(H,88,97)(H,90,109)(H,91,108)(H,106,107)/t55-,56-,57-,58-,61+,62-,65+,67+,72-/m0/s1. The Morgan fingerprint density at radius 2 is 1.14 bits per heavy atom. The van der Waals surface area contributed by atoms with E-state index >= 15 is 0 Å². The first-order valence-electron chi connectivity index (χ1n) is 41.5. The third kappa shape index (κ3) is 43.1. The number of amides is 11. The quantitative estimate of drug-likeness (QED) is 0.0195. The number of hydrogen-bond donors (Lipinski definition) is 10. The zero-order valence-corrected chi connectivity index (χ0v) is 73.8. The molecule has 0 unspecified atom stereocenters. The molecule has 0 radical (unpaired) electrons. The molecule has 39 heteroatoms. The molecule has 0 bridgehead atoms. The summed E-state index contributed by atoms with van der Waals surface area (Å²) in [5.41, 5.74) is -0.408. The van der Waals surface area contributed by atoms with Crippen LogP contribution in [-0.2, 0) is 111 Å². The first-order chi connectivity index (χ1) is 57.6. The summed E-state index contributed by atoms with van der Waals surface area (Å²) >= 11 is 1.08. The van der Waals surface area contributed by atoms with E-state index in [9.17, 15) is 72.5 Å². The Morgan fingerprint density at radius 3 is 1.66 bits per heavy atom. The number of unbranched alkanes of at least 4 members (excludes halogenated alkanes) is 2. The van der Waals surface area contributed by atoms with Gasteiger partial charge in [0.15, 0.2) is 6.10 Å². The zero-order valence-electron chi connectivity index (χ0n) is 73.0. The topological polar surface area (TPSA) is 483 Å². The number of carbonyl (C=O) groups excluding carboxylic acids is 12. The van der Waals surface area contributed by atoms with E-state index in [0.717, 1.165) is 41.2 Å². The maximum atomic E-state index is 14.3. The van der Waals surface area contributed by atoms with Gasteiger partial charge in [-0.25, -0.2) is 9.78 Å². The average molecular weight is 1740 g/mol. The molecule has 38 nitrogen and oxygen atoms in total. The minimum atomic E-state index is -1.09. The first kappa shape index (κ1) is 106. The summed E-state index contributed by atoms with van der Waals surface area (Å²) in [6, 6.07) is -0.715. The van der Waals surface area contributed by atoms with Crippen molar-refractivity contribution in [3.63, 3.8) is 0 Å². The molecule has 0 saturated heterocycles. The number of aromatic nitrogens is 1. The van der Waals surface area contributed by atoms with Crippen LogP contribution < -0.4 is 42.5 Å². The lowest BCUT2D eigenvalue weighted by atomic mass is 9.92. The number of rotatable bonds is 67. The van der Waals surface area contributed by atoms with Crippen LogP contribution in [0.5, 0.6) is 5.75 Å². The molecule has 11 amide bonds. The maximum absolute atomic E-state index is 14.3. The van der Waals surface area contributed by atoms with Crippen molar-refractivity contribution in [2.45, 2.75) is 195 Å². The first-order valence-corrected chi connectivity index (χ1v) is 42.3. The van der Waals surface area contributed by atoms with Crippen molar-refractivity contribution >= 4 is 94.1 Å². The number of nitrogens with one attached hydrogen (secondary N) is 8. The lowest BCUT2D eigenvalue weighted by Gasteiger charge is -2.38. The normalized spacial score (nSPS) is 14.4. The van der Waals surface area contributed by atoms with E-state index in [4.69, 9.17) is 52.1 Å². The molecular formula is C82H134N12O26S. The van der Waals surface area contributed by atoms with Crippen LogP contribution >= 0.6 is 11.3 Å². The highest BCUT2D eigenvalue weighted by molar-refractivity contribution is 7.09. The number of hydrogen-bond acceptors (Lipinski definition) is 28. The van der Waals surface area contributed by atoms with E-state index in [1.54, 1.807) is 50.9 Å². The van der Waals surface area contributed by atoms with E-state index in [-0.39, 0.29) is 155 Å². The molecule has 0 saturated carbocycles. The van der Waals surface area contributed by atoms with Gasteiger partial charge in [0.2, 0.25) is 41.4 Å². The Kier molecular flexibility index (Phi) is 52.5. The van der Waals surface area contributed by atoms with Gasteiger partial charge < -0.3 is 104 Å². The van der Waals surface area contributed by atoms with E-state index in [1.807, 2.05) is 34.6 Å². The number of nitrogens with zero attached hydrogens (tertiary/aromatic N) is 4. The summed E-state index contributed by atoms with van der Waals surface area (Å²) in [5, 5.41) is 44.1. The van der Waals surface area contributed by atoms with Crippen LogP contribution in [0, 0.1) is 17.8 Å². The molecule has 0 fully saturated rings. The third-order valence-corrected chi connectivity index (χ3v) is 20.5. The summed E-state index contributed by atoms with van der Waals surface area (Å²) in [6.07, 6.45) is 3.96. The molecule has 121 heavy (non-hydrogen) atoms. The zero-order chi connectivity index (χ0) is 89.8. The van der Waals surface area contributed by atoms with Crippen LogP contribution in [0.4, 0.5) is 10.5 Å². The van der Waals surface area contributed by atoms with Crippen molar-refractivity contribution in [2.24, 2.45) is 17.8 Å². The van der Waals surface area contributed by atoms with Crippen molar-refractivity contribution in [3.8, 4) is 5.75 Å². The number of aliphatic carboxylic acids is 1. The maximum Gasteiger partial charge on any atom is 0.411 e. The Morgan fingerprint density at radius 1 is 0.612 bits per heavy atom. The molecule has 1 aliphatic rings. The fourth-order valence-electron chi connectivity index (χ4n) is 11.6. The summed E-state index contributed by atoms with van der Waals surface area (Å²) in [4.78, 5) is 176. The molecule has 2 heterocycles. The number of carboxylic acids is 1. The number of carboxylic acid groups (broad SMARTS) is 1. The van der Waals surface area contributed by atoms with Crippen LogP contribution in [-0.4, -0.2) is 315 Å². The predicted octanol–water partition coefficient (Wildman–Crippen LogP) is 3.75. The summed E-state index contributed by atoms with van der Waals surface area (Å²) < 4.78 is 60.7. The lowest BCUT2D eigenvalue weighted by Crippen LogP contribution is -2.60. The number of benzene rings is 1. The van der Waals surface area contributed by atoms with E-state index < -0.39 is 107 Å². The van der Waals surface area contributed by atoms with Gasteiger partial charge in [-0.05, 0) is 116 Å². The molecule has 2 aromatic rings. The number of aromatic hydroxyl groups is 1. The molecule has 1 aromatic carbocycles. The predicted molar refractivity (Wildman–Crippen MR) is 446 cm³/mol. The lowest BCUT2D eigenvalue weighted by molar-refractivity contribution is -0.149. The molecule has 9 atom stereocenters. The Labute approximate surface area is 714 Å². The number of imide groups is 1. The molecule has 0 aliphatic carbocycles.